The molecule has 0 saturated heterocycles. The van der Waals surface area contributed by atoms with E-state index in [1.54, 1.807) is 86.6 Å². The second-order valence-electron chi connectivity index (χ2n) is 9.39. The molecule has 0 radical (unpaired) electrons. The van der Waals surface area contributed by atoms with Gasteiger partial charge in [0.1, 0.15) is 11.5 Å². The van der Waals surface area contributed by atoms with Gasteiger partial charge in [-0.05, 0) is 74.0 Å². The Morgan fingerprint density at radius 1 is 0.886 bits per heavy atom. The first-order valence-corrected chi connectivity index (χ1v) is 14.3. The summed E-state index contributed by atoms with van der Waals surface area (Å²) in [6.45, 7) is 3.52. The van der Waals surface area contributed by atoms with Gasteiger partial charge in [0.2, 0.25) is 11.7 Å². The molecule has 4 aromatic rings. The number of amides is 3. The van der Waals surface area contributed by atoms with Gasteiger partial charge in [0.15, 0.2) is 17.3 Å². The Labute approximate surface area is 258 Å². The van der Waals surface area contributed by atoms with Gasteiger partial charge in [0.25, 0.3) is 11.8 Å². The Hall–Kier alpha value is -5.23. The number of anilines is 2. The van der Waals surface area contributed by atoms with E-state index in [2.05, 4.69) is 21.1 Å². The first-order chi connectivity index (χ1) is 21.2. The Bertz CT molecular complexity index is 1630. The highest BCUT2D eigenvalue weighted by Crippen LogP contribution is 2.38. The van der Waals surface area contributed by atoms with E-state index in [0.717, 1.165) is 4.90 Å². The molecule has 0 bridgehead atoms. The van der Waals surface area contributed by atoms with Crippen LogP contribution in [0.2, 0.25) is 0 Å². The average Bonchev–Trinajstić information content (AvgIpc) is 3.45. The van der Waals surface area contributed by atoms with Crippen LogP contribution in [0, 0.1) is 6.92 Å². The van der Waals surface area contributed by atoms with Crippen molar-refractivity contribution in [2.45, 2.75) is 24.0 Å². The SMILES string of the molecule is COc1cc(/C=C(\NC(=O)c2ccccc2)C(=O)Nc2ccc(SC(C)C(=O)Nc3cc(C)on3)cc2)cc(OC)c1OC. The molecule has 0 spiro atoms. The number of hydrogen-bond donors (Lipinski definition) is 3. The number of thioether (sulfide) groups is 1. The normalized spacial score (nSPS) is 11.7. The summed E-state index contributed by atoms with van der Waals surface area (Å²) in [5.41, 5.74) is 1.38. The minimum Gasteiger partial charge on any atom is -0.493 e. The molecule has 0 aliphatic carbocycles. The van der Waals surface area contributed by atoms with Crippen LogP contribution in [-0.4, -0.2) is 49.5 Å². The highest BCUT2D eigenvalue weighted by atomic mass is 32.2. The summed E-state index contributed by atoms with van der Waals surface area (Å²) >= 11 is 1.34. The maximum atomic E-state index is 13.5. The average molecular weight is 617 g/mol. The van der Waals surface area contributed by atoms with Crippen LogP contribution < -0.4 is 30.2 Å². The lowest BCUT2D eigenvalue weighted by molar-refractivity contribution is -0.115. The molecular formula is C32H32N4O7S. The summed E-state index contributed by atoms with van der Waals surface area (Å²) in [6, 6.07) is 20.5. The molecule has 12 heteroatoms. The Balaban J connectivity index is 1.52. The lowest BCUT2D eigenvalue weighted by atomic mass is 10.1. The van der Waals surface area contributed by atoms with Crippen LogP contribution in [0.4, 0.5) is 11.5 Å². The summed E-state index contributed by atoms with van der Waals surface area (Å²) < 4.78 is 21.2. The van der Waals surface area contributed by atoms with Gasteiger partial charge in [-0.1, -0.05) is 23.4 Å². The third-order valence-corrected chi connectivity index (χ3v) is 7.31. The molecule has 0 fully saturated rings. The van der Waals surface area contributed by atoms with E-state index in [9.17, 15) is 14.4 Å². The quantitative estimate of drug-likeness (QED) is 0.138. The van der Waals surface area contributed by atoms with E-state index in [4.69, 9.17) is 18.7 Å². The number of carbonyl (C=O) groups excluding carboxylic acids is 3. The first kappa shape index (κ1) is 31.7. The molecule has 4 rings (SSSR count). The van der Waals surface area contributed by atoms with Crippen molar-refractivity contribution in [1.82, 2.24) is 10.5 Å². The van der Waals surface area contributed by atoms with Crippen LogP contribution >= 0.6 is 11.8 Å². The molecule has 1 atom stereocenters. The number of ether oxygens (including phenoxy) is 3. The predicted molar refractivity (Wildman–Crippen MR) is 168 cm³/mol. The molecule has 228 valence electrons. The molecular weight excluding hydrogens is 584 g/mol. The van der Waals surface area contributed by atoms with Crippen LogP contribution in [-0.2, 0) is 9.59 Å². The molecule has 3 amide bonds. The second kappa shape index (κ2) is 14.8. The molecule has 3 N–H and O–H groups in total. The van der Waals surface area contributed by atoms with Crippen LogP contribution in [0.1, 0.15) is 28.6 Å². The zero-order valence-electron chi connectivity index (χ0n) is 24.8. The van der Waals surface area contributed by atoms with Gasteiger partial charge in [-0.25, -0.2) is 0 Å². The number of hydrogen-bond acceptors (Lipinski definition) is 9. The summed E-state index contributed by atoms with van der Waals surface area (Å²) in [6.07, 6.45) is 1.52. The smallest absolute Gasteiger partial charge is 0.272 e. The topological polar surface area (TPSA) is 141 Å². The van der Waals surface area contributed by atoms with Crippen LogP contribution in [0.5, 0.6) is 17.2 Å². The minimum atomic E-state index is -0.556. The third kappa shape index (κ3) is 8.19. The lowest BCUT2D eigenvalue weighted by Crippen LogP contribution is -2.30. The second-order valence-corrected chi connectivity index (χ2v) is 10.8. The molecule has 1 heterocycles. The van der Waals surface area contributed by atoms with Crippen LogP contribution in [0.15, 0.2) is 87.9 Å². The van der Waals surface area contributed by atoms with E-state index in [1.165, 1.54) is 39.2 Å². The summed E-state index contributed by atoms with van der Waals surface area (Å²) in [5.74, 6) is 0.880. The number of methoxy groups -OCH3 is 3. The van der Waals surface area contributed by atoms with E-state index in [0.29, 0.717) is 45.6 Å². The fourth-order valence-corrected chi connectivity index (χ4v) is 4.89. The molecule has 1 aromatic heterocycles. The Morgan fingerprint density at radius 2 is 1.55 bits per heavy atom. The molecule has 0 saturated carbocycles. The maximum Gasteiger partial charge on any atom is 0.272 e. The summed E-state index contributed by atoms with van der Waals surface area (Å²) in [7, 11) is 4.47. The minimum absolute atomic E-state index is 0.0139. The number of aryl methyl sites for hydroxylation is 1. The van der Waals surface area contributed by atoms with Gasteiger partial charge in [0, 0.05) is 22.2 Å². The number of benzene rings is 3. The summed E-state index contributed by atoms with van der Waals surface area (Å²) in [4.78, 5) is 39.9. The van der Waals surface area contributed by atoms with Gasteiger partial charge in [-0.3, -0.25) is 14.4 Å². The zero-order chi connectivity index (χ0) is 31.6. The molecule has 3 aromatic carbocycles. The molecule has 44 heavy (non-hydrogen) atoms. The van der Waals surface area contributed by atoms with E-state index < -0.39 is 17.1 Å². The predicted octanol–water partition coefficient (Wildman–Crippen LogP) is 5.54. The highest BCUT2D eigenvalue weighted by molar-refractivity contribution is 8.00. The standard InChI is InChI=1S/C32H32N4O7S/c1-19-15-28(36-43-19)35-30(37)20(2)44-24-13-11-23(12-14-24)33-32(39)25(34-31(38)22-9-7-6-8-10-22)16-21-17-26(40-3)29(42-5)27(18-21)41-4/h6-18,20H,1-5H3,(H,33,39)(H,34,38)(H,35,36,37)/b25-16-. The highest BCUT2D eigenvalue weighted by Gasteiger charge is 2.19. The van der Waals surface area contributed by atoms with Crippen LogP contribution in [0.3, 0.4) is 0 Å². The molecule has 11 nitrogen and oxygen atoms in total. The van der Waals surface area contributed by atoms with E-state index in [1.807, 2.05) is 0 Å². The molecule has 1 unspecified atom stereocenters. The van der Waals surface area contributed by atoms with Crippen LogP contribution in [0.25, 0.3) is 6.08 Å². The number of aromatic nitrogens is 1. The molecule has 0 aliphatic rings. The van der Waals surface area contributed by atoms with Crippen molar-refractivity contribution in [3.8, 4) is 17.2 Å². The fourth-order valence-electron chi connectivity index (χ4n) is 4.02. The first-order valence-electron chi connectivity index (χ1n) is 13.4. The monoisotopic (exact) mass is 616 g/mol. The summed E-state index contributed by atoms with van der Waals surface area (Å²) in [5, 5.41) is 11.6. The largest absolute Gasteiger partial charge is 0.493 e. The van der Waals surface area contributed by atoms with Crippen molar-refractivity contribution in [3.63, 3.8) is 0 Å². The van der Waals surface area contributed by atoms with Gasteiger partial charge in [-0.15, -0.1) is 11.8 Å². The number of nitrogens with one attached hydrogen (secondary N) is 3. The lowest BCUT2D eigenvalue weighted by Gasteiger charge is -2.15. The van der Waals surface area contributed by atoms with E-state index >= 15 is 0 Å². The van der Waals surface area contributed by atoms with Crippen molar-refractivity contribution in [1.29, 1.82) is 0 Å². The van der Waals surface area contributed by atoms with Crippen molar-refractivity contribution >= 4 is 47.1 Å². The molecule has 0 aliphatic heterocycles. The van der Waals surface area contributed by atoms with Crippen molar-refractivity contribution in [2.75, 3.05) is 32.0 Å². The van der Waals surface area contributed by atoms with Gasteiger partial charge >= 0.3 is 0 Å². The maximum absolute atomic E-state index is 13.5. The van der Waals surface area contributed by atoms with Crippen molar-refractivity contribution < 1.29 is 33.1 Å². The number of rotatable bonds is 12. The van der Waals surface area contributed by atoms with Gasteiger partial charge in [-0.2, -0.15) is 0 Å². The van der Waals surface area contributed by atoms with Gasteiger partial charge in [0.05, 0.1) is 26.6 Å². The van der Waals surface area contributed by atoms with Crippen molar-refractivity contribution in [3.05, 3.63) is 95.4 Å². The Morgan fingerprint density at radius 3 is 2.11 bits per heavy atom. The number of nitrogens with zero attached hydrogens (tertiary/aromatic N) is 1. The number of carbonyl (C=O) groups is 3. The van der Waals surface area contributed by atoms with Crippen molar-refractivity contribution in [2.24, 2.45) is 0 Å². The zero-order valence-corrected chi connectivity index (χ0v) is 25.6. The third-order valence-electron chi connectivity index (χ3n) is 6.20. The Kier molecular flexibility index (Phi) is 10.7. The fraction of sp³-hybridized carbons (Fsp3) is 0.188. The van der Waals surface area contributed by atoms with E-state index in [-0.39, 0.29) is 11.6 Å². The van der Waals surface area contributed by atoms with Gasteiger partial charge < -0.3 is 34.7 Å².